The van der Waals surface area contributed by atoms with Gasteiger partial charge in [0.25, 0.3) is 0 Å². The largest absolute Gasteiger partial charge is 0.373 e. The Bertz CT molecular complexity index is 339. The van der Waals surface area contributed by atoms with Gasteiger partial charge in [-0.25, -0.2) is 0 Å². The first-order valence-corrected chi connectivity index (χ1v) is 7.33. The van der Waals surface area contributed by atoms with Crippen molar-refractivity contribution in [3.05, 3.63) is 29.8 Å². The lowest BCUT2D eigenvalue weighted by Gasteiger charge is -2.21. The van der Waals surface area contributed by atoms with E-state index in [0.717, 1.165) is 25.6 Å². The molecule has 0 amide bonds. The Morgan fingerprint density at radius 3 is 2.44 bits per heavy atom. The molecule has 18 heavy (non-hydrogen) atoms. The van der Waals surface area contributed by atoms with Crippen molar-refractivity contribution in [1.29, 1.82) is 0 Å². The van der Waals surface area contributed by atoms with Crippen molar-refractivity contribution >= 4 is 5.69 Å². The molecule has 0 radical (unpaired) electrons. The summed E-state index contributed by atoms with van der Waals surface area (Å²) in [5, 5.41) is 3.66. The fraction of sp³-hybridized carbons (Fsp3) is 0.625. The molecule has 0 aromatic heterocycles. The van der Waals surface area contributed by atoms with Crippen LogP contribution in [0.2, 0.25) is 0 Å². The van der Waals surface area contributed by atoms with Crippen molar-refractivity contribution in [1.82, 2.24) is 5.32 Å². The Hall–Kier alpha value is -1.02. The number of aryl methyl sites for hydroxylation is 1. The highest BCUT2D eigenvalue weighted by Crippen LogP contribution is 2.17. The molecular formula is C16H26N2. The third-order valence-corrected chi connectivity index (χ3v) is 4.02. The third-order valence-electron chi connectivity index (χ3n) is 4.02. The van der Waals surface area contributed by atoms with E-state index in [1.807, 2.05) is 0 Å². The first-order valence-electron chi connectivity index (χ1n) is 7.33. The van der Waals surface area contributed by atoms with Gasteiger partial charge in [-0.3, -0.25) is 0 Å². The molecule has 0 aliphatic heterocycles. The Morgan fingerprint density at radius 1 is 1.17 bits per heavy atom. The van der Waals surface area contributed by atoms with Crippen molar-refractivity contribution in [3.63, 3.8) is 0 Å². The number of nitrogens with zero attached hydrogens (tertiary/aromatic N) is 1. The Balaban J connectivity index is 1.74. The average Bonchev–Trinajstić information content (AvgIpc) is 2.92. The lowest BCUT2D eigenvalue weighted by Crippen LogP contribution is -2.34. The molecule has 1 aliphatic rings. The van der Waals surface area contributed by atoms with E-state index in [1.54, 1.807) is 0 Å². The minimum Gasteiger partial charge on any atom is -0.373 e. The Kier molecular flexibility index (Phi) is 5.06. The summed E-state index contributed by atoms with van der Waals surface area (Å²) >= 11 is 0. The van der Waals surface area contributed by atoms with Gasteiger partial charge < -0.3 is 10.2 Å². The van der Waals surface area contributed by atoms with Gasteiger partial charge in [0.2, 0.25) is 0 Å². The molecular weight excluding hydrogens is 220 g/mol. The van der Waals surface area contributed by atoms with E-state index >= 15 is 0 Å². The normalized spacial score (nSPS) is 16.1. The van der Waals surface area contributed by atoms with Crippen LogP contribution in [0.15, 0.2) is 24.3 Å². The maximum Gasteiger partial charge on any atom is 0.0364 e. The minimum absolute atomic E-state index is 0.779. The van der Waals surface area contributed by atoms with Gasteiger partial charge in [0.15, 0.2) is 0 Å². The van der Waals surface area contributed by atoms with Crippen molar-refractivity contribution in [2.24, 2.45) is 0 Å². The molecule has 0 saturated heterocycles. The van der Waals surface area contributed by atoms with Gasteiger partial charge in [0.1, 0.15) is 0 Å². The number of likely N-dealkylation sites (N-methyl/N-ethyl adjacent to an activating group) is 1. The number of rotatable bonds is 6. The molecule has 2 heteroatoms. The summed E-state index contributed by atoms with van der Waals surface area (Å²) in [6.45, 7) is 4.38. The zero-order chi connectivity index (χ0) is 12.8. The lowest BCUT2D eigenvalue weighted by molar-refractivity contribution is 0.528. The molecule has 0 atom stereocenters. The van der Waals surface area contributed by atoms with Crippen molar-refractivity contribution < 1.29 is 0 Å². The molecule has 0 unspecified atom stereocenters. The van der Waals surface area contributed by atoms with Crippen LogP contribution < -0.4 is 10.2 Å². The number of hydrogen-bond donors (Lipinski definition) is 1. The summed E-state index contributed by atoms with van der Waals surface area (Å²) in [5.41, 5.74) is 2.73. The minimum atomic E-state index is 0.779. The summed E-state index contributed by atoms with van der Waals surface area (Å²) in [5.74, 6) is 0. The van der Waals surface area contributed by atoms with Crippen LogP contribution in [0.4, 0.5) is 5.69 Å². The van der Waals surface area contributed by atoms with E-state index in [-0.39, 0.29) is 0 Å². The summed E-state index contributed by atoms with van der Waals surface area (Å²) in [6.07, 6.45) is 6.68. The van der Waals surface area contributed by atoms with Crippen LogP contribution in [0, 0.1) is 0 Å². The van der Waals surface area contributed by atoms with Crippen LogP contribution in [-0.4, -0.2) is 26.2 Å². The monoisotopic (exact) mass is 246 g/mol. The molecule has 0 spiro atoms. The first-order chi connectivity index (χ1) is 8.79. The fourth-order valence-corrected chi connectivity index (χ4v) is 2.68. The van der Waals surface area contributed by atoms with E-state index in [0.29, 0.717) is 0 Å². The third kappa shape index (κ3) is 3.74. The van der Waals surface area contributed by atoms with E-state index in [4.69, 9.17) is 0 Å². The summed E-state index contributed by atoms with van der Waals surface area (Å²) in [6, 6.07) is 9.70. The fourth-order valence-electron chi connectivity index (χ4n) is 2.68. The predicted octanol–water partition coefficient (Wildman–Crippen LogP) is 3.22. The summed E-state index contributed by atoms with van der Waals surface area (Å²) in [7, 11) is 2.18. The number of anilines is 1. The quantitative estimate of drug-likeness (QED) is 0.829. The van der Waals surface area contributed by atoms with E-state index in [1.165, 1.54) is 36.9 Å². The van der Waals surface area contributed by atoms with Crippen molar-refractivity contribution in [2.75, 3.05) is 25.0 Å². The van der Waals surface area contributed by atoms with Crippen LogP contribution >= 0.6 is 0 Å². The SMILES string of the molecule is CCc1ccc(N(C)CCNC2CCCC2)cc1. The number of hydrogen-bond acceptors (Lipinski definition) is 2. The summed E-state index contributed by atoms with van der Waals surface area (Å²) < 4.78 is 0. The van der Waals surface area contributed by atoms with E-state index in [9.17, 15) is 0 Å². The summed E-state index contributed by atoms with van der Waals surface area (Å²) in [4.78, 5) is 2.33. The van der Waals surface area contributed by atoms with Gasteiger partial charge in [-0.1, -0.05) is 31.9 Å². The van der Waals surface area contributed by atoms with Crippen LogP contribution in [0.5, 0.6) is 0 Å². The second-order valence-electron chi connectivity index (χ2n) is 5.38. The predicted molar refractivity (Wildman–Crippen MR) is 79.3 cm³/mol. The highest BCUT2D eigenvalue weighted by molar-refractivity contribution is 5.46. The standard InChI is InChI=1S/C16H26N2/c1-3-14-8-10-16(11-9-14)18(2)13-12-17-15-6-4-5-7-15/h8-11,15,17H,3-7,12-13H2,1-2H3. The van der Waals surface area contributed by atoms with Crippen LogP contribution in [-0.2, 0) is 6.42 Å². The Morgan fingerprint density at radius 2 is 1.83 bits per heavy atom. The molecule has 1 aromatic carbocycles. The smallest absolute Gasteiger partial charge is 0.0364 e. The van der Waals surface area contributed by atoms with E-state index in [2.05, 4.69) is 48.5 Å². The van der Waals surface area contributed by atoms with E-state index < -0.39 is 0 Å². The highest BCUT2D eigenvalue weighted by atomic mass is 15.1. The van der Waals surface area contributed by atoms with Gasteiger partial charge in [-0.05, 0) is 37.0 Å². The molecule has 0 heterocycles. The van der Waals surface area contributed by atoms with Crippen LogP contribution in [0.25, 0.3) is 0 Å². The molecule has 1 aromatic rings. The van der Waals surface area contributed by atoms with Crippen LogP contribution in [0.3, 0.4) is 0 Å². The number of nitrogens with one attached hydrogen (secondary N) is 1. The molecule has 1 saturated carbocycles. The lowest BCUT2D eigenvalue weighted by atomic mass is 10.1. The average molecular weight is 246 g/mol. The number of benzene rings is 1. The zero-order valence-electron chi connectivity index (χ0n) is 11.8. The van der Waals surface area contributed by atoms with Crippen LogP contribution in [0.1, 0.15) is 38.2 Å². The molecule has 100 valence electrons. The maximum atomic E-state index is 3.66. The Labute approximate surface area is 111 Å². The zero-order valence-corrected chi connectivity index (χ0v) is 11.8. The molecule has 1 N–H and O–H groups in total. The van der Waals surface area contributed by atoms with Crippen molar-refractivity contribution in [3.8, 4) is 0 Å². The van der Waals surface area contributed by atoms with Gasteiger partial charge in [0, 0.05) is 31.9 Å². The first kappa shape index (κ1) is 13.4. The van der Waals surface area contributed by atoms with Gasteiger partial charge in [-0.15, -0.1) is 0 Å². The highest BCUT2D eigenvalue weighted by Gasteiger charge is 2.13. The molecule has 1 fully saturated rings. The molecule has 1 aliphatic carbocycles. The maximum absolute atomic E-state index is 3.66. The second-order valence-corrected chi connectivity index (χ2v) is 5.38. The van der Waals surface area contributed by atoms with Gasteiger partial charge in [-0.2, -0.15) is 0 Å². The molecule has 2 rings (SSSR count). The molecule has 2 nitrogen and oxygen atoms in total. The second kappa shape index (κ2) is 6.79. The molecule has 0 bridgehead atoms. The van der Waals surface area contributed by atoms with Gasteiger partial charge >= 0.3 is 0 Å². The van der Waals surface area contributed by atoms with Crippen molar-refractivity contribution in [2.45, 2.75) is 45.1 Å². The topological polar surface area (TPSA) is 15.3 Å². The van der Waals surface area contributed by atoms with Gasteiger partial charge in [0.05, 0.1) is 0 Å².